The van der Waals surface area contributed by atoms with Crippen molar-refractivity contribution in [1.29, 1.82) is 0 Å². The van der Waals surface area contributed by atoms with Crippen LogP contribution in [0.3, 0.4) is 0 Å². The highest BCUT2D eigenvalue weighted by molar-refractivity contribution is 5.68. The van der Waals surface area contributed by atoms with Crippen molar-refractivity contribution in [2.45, 2.75) is 45.9 Å². The van der Waals surface area contributed by atoms with Crippen LogP contribution >= 0.6 is 0 Å². The van der Waals surface area contributed by atoms with Crippen molar-refractivity contribution in [3.05, 3.63) is 71.8 Å². The lowest BCUT2D eigenvalue weighted by molar-refractivity contribution is 0.00680. The number of hydrogen-bond donors (Lipinski definition) is 1. The van der Waals surface area contributed by atoms with E-state index in [1.54, 1.807) is 0 Å². The number of rotatable bonds is 12. The molecule has 0 saturated carbocycles. The Morgan fingerprint density at radius 1 is 1.00 bits per heavy atom. The Hall–Kier alpha value is -2.67. The third-order valence-electron chi connectivity index (χ3n) is 6.10. The molecule has 0 aliphatic carbocycles. The third kappa shape index (κ3) is 6.69. The summed E-state index contributed by atoms with van der Waals surface area (Å²) in [5.41, 5.74) is 4.17. The highest BCUT2D eigenvalue weighted by atomic mass is 16.5. The van der Waals surface area contributed by atoms with E-state index < -0.39 is 6.10 Å². The molecule has 4 rings (SSSR count). The molecule has 1 saturated heterocycles. The number of aliphatic hydroxyl groups excluding tert-OH is 1. The second-order valence-corrected chi connectivity index (χ2v) is 9.62. The summed E-state index contributed by atoms with van der Waals surface area (Å²) in [5.74, 6) is 1.34. The molecule has 1 aliphatic rings. The first-order valence-electron chi connectivity index (χ1n) is 12.4. The van der Waals surface area contributed by atoms with Gasteiger partial charge in [-0.2, -0.15) is 0 Å². The van der Waals surface area contributed by atoms with Crippen molar-refractivity contribution in [1.82, 2.24) is 10.1 Å². The van der Waals surface area contributed by atoms with Gasteiger partial charge in [0.05, 0.1) is 24.9 Å². The molecule has 2 aromatic carbocycles. The van der Waals surface area contributed by atoms with Gasteiger partial charge in [-0.05, 0) is 24.3 Å². The van der Waals surface area contributed by atoms with Crippen molar-refractivity contribution in [3.8, 4) is 11.3 Å². The number of ether oxygens (including phenoxy) is 1. The fraction of sp³-hybridized carbons (Fsp3) is 0.464. The molecule has 1 atom stereocenters. The van der Waals surface area contributed by atoms with Crippen LogP contribution in [0.1, 0.15) is 37.8 Å². The van der Waals surface area contributed by atoms with Crippen molar-refractivity contribution < 1.29 is 14.4 Å². The van der Waals surface area contributed by atoms with Crippen LogP contribution in [-0.2, 0) is 17.9 Å². The van der Waals surface area contributed by atoms with E-state index in [9.17, 15) is 5.11 Å². The van der Waals surface area contributed by atoms with Crippen LogP contribution in [-0.4, -0.2) is 54.1 Å². The molecule has 0 radical (unpaired) electrons. The SMILES string of the molecule is CC(C)CN(Cc1c(-c2ccccc2)noc1N1CCCC1)CC(O)COCc1ccccc1. The Bertz CT molecular complexity index is 985. The molecule has 3 aromatic rings. The minimum atomic E-state index is -0.572. The van der Waals surface area contributed by atoms with Crippen LogP contribution in [0.2, 0.25) is 0 Å². The summed E-state index contributed by atoms with van der Waals surface area (Å²) in [4.78, 5) is 4.61. The normalized spacial score (nSPS) is 14.9. The Morgan fingerprint density at radius 2 is 1.68 bits per heavy atom. The van der Waals surface area contributed by atoms with Gasteiger partial charge in [-0.3, -0.25) is 4.90 Å². The summed E-state index contributed by atoms with van der Waals surface area (Å²) >= 11 is 0. The number of hydrogen-bond acceptors (Lipinski definition) is 6. The van der Waals surface area contributed by atoms with Crippen molar-refractivity contribution >= 4 is 5.88 Å². The Morgan fingerprint density at radius 3 is 2.35 bits per heavy atom. The lowest BCUT2D eigenvalue weighted by atomic mass is 10.1. The van der Waals surface area contributed by atoms with E-state index in [1.165, 1.54) is 12.8 Å². The van der Waals surface area contributed by atoms with Gasteiger partial charge in [-0.15, -0.1) is 0 Å². The van der Waals surface area contributed by atoms with Crippen LogP contribution in [0.15, 0.2) is 65.2 Å². The highest BCUT2D eigenvalue weighted by Crippen LogP contribution is 2.34. The molecule has 6 heteroatoms. The molecule has 1 aromatic heterocycles. The number of nitrogens with zero attached hydrogens (tertiary/aromatic N) is 3. The van der Waals surface area contributed by atoms with Gasteiger partial charge in [0, 0.05) is 38.3 Å². The predicted molar refractivity (Wildman–Crippen MR) is 136 cm³/mol. The highest BCUT2D eigenvalue weighted by Gasteiger charge is 2.27. The minimum Gasteiger partial charge on any atom is -0.389 e. The molecule has 182 valence electrons. The van der Waals surface area contributed by atoms with Crippen molar-refractivity contribution in [2.75, 3.05) is 37.7 Å². The molecule has 1 aliphatic heterocycles. The van der Waals surface area contributed by atoms with E-state index in [2.05, 4.69) is 40.9 Å². The maximum atomic E-state index is 10.8. The molecule has 1 fully saturated rings. The lowest BCUT2D eigenvalue weighted by Gasteiger charge is -2.27. The quantitative estimate of drug-likeness (QED) is 0.409. The Labute approximate surface area is 203 Å². The van der Waals surface area contributed by atoms with Crippen molar-refractivity contribution in [3.63, 3.8) is 0 Å². The van der Waals surface area contributed by atoms with Crippen LogP contribution in [0.25, 0.3) is 11.3 Å². The van der Waals surface area contributed by atoms with Crippen LogP contribution in [0, 0.1) is 5.92 Å². The molecule has 0 spiro atoms. The molecular weight excluding hydrogens is 426 g/mol. The lowest BCUT2D eigenvalue weighted by Crippen LogP contribution is -2.37. The predicted octanol–water partition coefficient (Wildman–Crippen LogP) is 4.98. The first-order valence-corrected chi connectivity index (χ1v) is 12.4. The average molecular weight is 464 g/mol. The maximum absolute atomic E-state index is 10.8. The van der Waals surface area contributed by atoms with Gasteiger partial charge >= 0.3 is 0 Å². The van der Waals surface area contributed by atoms with Crippen LogP contribution in [0.4, 0.5) is 5.88 Å². The molecule has 34 heavy (non-hydrogen) atoms. The molecule has 1 unspecified atom stereocenters. The zero-order valence-electron chi connectivity index (χ0n) is 20.4. The third-order valence-corrected chi connectivity index (χ3v) is 6.10. The van der Waals surface area contributed by atoms with E-state index in [0.717, 1.165) is 47.9 Å². The monoisotopic (exact) mass is 463 g/mol. The van der Waals surface area contributed by atoms with E-state index >= 15 is 0 Å². The number of benzene rings is 2. The molecule has 0 bridgehead atoms. The second kappa shape index (κ2) is 12.2. The summed E-state index contributed by atoms with van der Waals surface area (Å²) < 4.78 is 11.7. The molecule has 6 nitrogen and oxygen atoms in total. The smallest absolute Gasteiger partial charge is 0.232 e. The van der Waals surface area contributed by atoms with Gasteiger partial charge in [0.15, 0.2) is 0 Å². The molecular formula is C28H37N3O3. The standard InChI is InChI=1S/C28H37N3O3/c1-22(2)17-30(18-25(32)21-33-20-23-11-5-3-6-12-23)19-26-27(24-13-7-4-8-14-24)29-34-28(26)31-15-9-10-16-31/h3-8,11-14,22,25,32H,9-10,15-21H2,1-2H3. The topological polar surface area (TPSA) is 62.0 Å². The van der Waals surface area contributed by atoms with E-state index in [1.807, 2.05) is 48.5 Å². The summed E-state index contributed by atoms with van der Waals surface area (Å²) in [6.07, 6.45) is 1.78. The van der Waals surface area contributed by atoms with Gasteiger partial charge in [0.2, 0.25) is 5.88 Å². The van der Waals surface area contributed by atoms with Crippen molar-refractivity contribution in [2.24, 2.45) is 5.92 Å². The van der Waals surface area contributed by atoms with Gasteiger partial charge in [0.1, 0.15) is 5.69 Å². The van der Waals surface area contributed by atoms with Gasteiger partial charge in [-0.1, -0.05) is 79.7 Å². The first kappa shape index (κ1) is 24.5. The molecule has 2 heterocycles. The number of aromatic nitrogens is 1. The summed E-state index contributed by atoms with van der Waals surface area (Å²) in [6, 6.07) is 20.3. The van der Waals surface area contributed by atoms with E-state index in [-0.39, 0.29) is 0 Å². The molecule has 0 amide bonds. The van der Waals surface area contributed by atoms with Crippen LogP contribution < -0.4 is 4.90 Å². The fourth-order valence-corrected chi connectivity index (χ4v) is 4.62. The Balaban J connectivity index is 1.47. The zero-order chi connectivity index (χ0) is 23.8. The molecule has 1 N–H and O–H groups in total. The first-order chi connectivity index (χ1) is 16.6. The maximum Gasteiger partial charge on any atom is 0.232 e. The fourth-order valence-electron chi connectivity index (χ4n) is 4.62. The summed E-state index contributed by atoms with van der Waals surface area (Å²) in [7, 11) is 0. The van der Waals surface area contributed by atoms with Gasteiger partial charge in [-0.25, -0.2) is 0 Å². The van der Waals surface area contributed by atoms with Gasteiger partial charge < -0.3 is 19.3 Å². The van der Waals surface area contributed by atoms with Crippen LogP contribution in [0.5, 0.6) is 0 Å². The Kier molecular flexibility index (Phi) is 8.74. The summed E-state index contributed by atoms with van der Waals surface area (Å²) in [5, 5.41) is 15.3. The minimum absolute atomic E-state index is 0.303. The average Bonchev–Trinajstić information content (AvgIpc) is 3.50. The van der Waals surface area contributed by atoms with E-state index in [4.69, 9.17) is 9.26 Å². The zero-order valence-corrected chi connectivity index (χ0v) is 20.4. The number of aliphatic hydroxyl groups is 1. The largest absolute Gasteiger partial charge is 0.389 e. The van der Waals surface area contributed by atoms with E-state index in [0.29, 0.717) is 32.2 Å². The second-order valence-electron chi connectivity index (χ2n) is 9.62. The summed E-state index contributed by atoms with van der Waals surface area (Å²) in [6.45, 7) is 9.29. The van der Waals surface area contributed by atoms with Gasteiger partial charge in [0.25, 0.3) is 0 Å². The number of anilines is 1.